The van der Waals surface area contributed by atoms with E-state index >= 15 is 0 Å². The van der Waals surface area contributed by atoms with Crippen LogP contribution in [0.2, 0.25) is 10.0 Å². The molecule has 1 spiro atoms. The number of hydrogen-bond donors (Lipinski definition) is 1. The maximum atomic E-state index is 6.78. The molecule has 1 atom stereocenters. The number of aryl methyl sites for hydroxylation is 1. The number of rotatable bonds is 2. The molecular formula is C26H25Cl2N5. The van der Waals surface area contributed by atoms with Crippen molar-refractivity contribution in [1.82, 2.24) is 14.4 Å². The molecule has 7 heteroatoms. The van der Waals surface area contributed by atoms with Crippen LogP contribution >= 0.6 is 23.2 Å². The normalized spacial score (nSPS) is 19.4. The molecule has 1 fully saturated rings. The van der Waals surface area contributed by atoms with E-state index in [9.17, 15) is 0 Å². The molecule has 2 N–H and O–H groups in total. The SMILES string of the molecule is Cc1nc(N2CCC3(CC2)Cc2ccccc2C3N)n2ccnc2c1-c1cccc(Cl)c1Cl. The first-order valence-corrected chi connectivity index (χ1v) is 12.1. The van der Waals surface area contributed by atoms with Crippen LogP contribution in [0.25, 0.3) is 16.8 Å². The summed E-state index contributed by atoms with van der Waals surface area (Å²) in [6, 6.07) is 14.4. The number of fused-ring (bicyclic) bond motifs is 2. The van der Waals surface area contributed by atoms with Gasteiger partial charge >= 0.3 is 0 Å². The van der Waals surface area contributed by atoms with Crippen molar-refractivity contribution in [1.29, 1.82) is 0 Å². The van der Waals surface area contributed by atoms with Gasteiger partial charge in [-0.15, -0.1) is 0 Å². The van der Waals surface area contributed by atoms with Crippen LogP contribution < -0.4 is 10.6 Å². The van der Waals surface area contributed by atoms with E-state index in [1.165, 1.54) is 11.1 Å². The molecule has 4 aromatic rings. The third-order valence-corrected chi connectivity index (χ3v) is 8.38. The molecule has 5 nitrogen and oxygen atoms in total. The summed E-state index contributed by atoms with van der Waals surface area (Å²) in [5, 5.41) is 1.05. The van der Waals surface area contributed by atoms with Crippen LogP contribution in [0.4, 0.5) is 5.95 Å². The van der Waals surface area contributed by atoms with Gasteiger partial charge in [0.15, 0.2) is 0 Å². The van der Waals surface area contributed by atoms with Gasteiger partial charge in [0.2, 0.25) is 5.95 Å². The maximum Gasteiger partial charge on any atom is 0.211 e. The molecule has 0 saturated carbocycles. The lowest BCUT2D eigenvalue weighted by Crippen LogP contribution is -2.45. The molecule has 2 aromatic carbocycles. The smallest absolute Gasteiger partial charge is 0.211 e. The van der Waals surface area contributed by atoms with Crippen molar-refractivity contribution in [3.05, 3.63) is 81.7 Å². The van der Waals surface area contributed by atoms with E-state index < -0.39 is 0 Å². The van der Waals surface area contributed by atoms with Crippen LogP contribution in [0, 0.1) is 12.3 Å². The van der Waals surface area contributed by atoms with Crippen LogP contribution in [0.1, 0.15) is 35.7 Å². The van der Waals surface area contributed by atoms with Gasteiger partial charge in [0, 0.05) is 42.7 Å². The molecule has 168 valence electrons. The summed E-state index contributed by atoms with van der Waals surface area (Å²) in [6.45, 7) is 3.84. The number of benzene rings is 2. The highest BCUT2D eigenvalue weighted by molar-refractivity contribution is 6.43. The average molecular weight is 478 g/mol. The van der Waals surface area contributed by atoms with Gasteiger partial charge in [-0.1, -0.05) is 59.6 Å². The van der Waals surface area contributed by atoms with Gasteiger partial charge in [-0.2, -0.15) is 0 Å². The third kappa shape index (κ3) is 3.17. The van der Waals surface area contributed by atoms with E-state index in [1.54, 1.807) is 6.07 Å². The van der Waals surface area contributed by atoms with Gasteiger partial charge < -0.3 is 10.6 Å². The number of anilines is 1. The highest BCUT2D eigenvalue weighted by atomic mass is 35.5. The standard InChI is InChI=1S/C26H25Cl2N5/c1-16-21(19-7-4-8-20(27)22(19)28)24-30-11-14-33(24)25(31-16)32-12-9-26(10-13-32)15-17-5-2-3-6-18(17)23(26)29/h2-8,11,14,23H,9-10,12-13,15,29H2,1H3. The van der Waals surface area contributed by atoms with Gasteiger partial charge in [0.1, 0.15) is 5.65 Å². The maximum absolute atomic E-state index is 6.78. The summed E-state index contributed by atoms with van der Waals surface area (Å²) in [5.74, 6) is 0.917. The second kappa shape index (κ2) is 7.73. The fourth-order valence-corrected chi connectivity index (χ4v) is 6.16. The number of hydrogen-bond acceptors (Lipinski definition) is 4. The van der Waals surface area contributed by atoms with Gasteiger partial charge in [-0.05, 0) is 48.8 Å². The highest BCUT2D eigenvalue weighted by Gasteiger charge is 2.46. The Labute approximate surface area is 203 Å². The summed E-state index contributed by atoms with van der Waals surface area (Å²) in [5.41, 5.74) is 13.1. The van der Waals surface area contributed by atoms with Crippen molar-refractivity contribution < 1.29 is 0 Å². The Hall–Kier alpha value is -2.60. The number of imidazole rings is 1. The summed E-state index contributed by atoms with van der Waals surface area (Å²) in [4.78, 5) is 12.1. The minimum Gasteiger partial charge on any atom is -0.342 e. The summed E-state index contributed by atoms with van der Waals surface area (Å²) < 4.78 is 2.07. The first kappa shape index (κ1) is 21.0. The van der Waals surface area contributed by atoms with Crippen LogP contribution in [0.5, 0.6) is 0 Å². The monoisotopic (exact) mass is 477 g/mol. The molecule has 1 saturated heterocycles. The Morgan fingerprint density at radius 3 is 2.64 bits per heavy atom. The summed E-state index contributed by atoms with van der Waals surface area (Å²) >= 11 is 12.9. The van der Waals surface area contributed by atoms with Gasteiger partial charge in [-0.3, -0.25) is 4.40 Å². The minimum atomic E-state index is 0.103. The van der Waals surface area contributed by atoms with Crippen LogP contribution in [0.15, 0.2) is 54.9 Å². The number of halogens is 2. The third-order valence-electron chi connectivity index (χ3n) is 7.56. The van der Waals surface area contributed by atoms with E-state index in [0.717, 1.165) is 60.8 Å². The zero-order chi connectivity index (χ0) is 22.7. The van der Waals surface area contributed by atoms with Gasteiger partial charge in [-0.25, -0.2) is 9.97 Å². The second-order valence-corrected chi connectivity index (χ2v) is 10.1. The molecule has 3 heterocycles. The highest BCUT2D eigenvalue weighted by Crippen LogP contribution is 2.51. The van der Waals surface area contributed by atoms with E-state index in [1.807, 2.05) is 31.5 Å². The van der Waals surface area contributed by atoms with Gasteiger partial charge in [0.25, 0.3) is 0 Å². The van der Waals surface area contributed by atoms with E-state index in [-0.39, 0.29) is 11.5 Å². The fraction of sp³-hybridized carbons (Fsp3) is 0.308. The van der Waals surface area contributed by atoms with Crippen molar-refractivity contribution in [2.24, 2.45) is 11.1 Å². The molecule has 2 aliphatic rings. The van der Waals surface area contributed by atoms with E-state index in [2.05, 4.69) is 38.6 Å². The predicted molar refractivity (Wildman–Crippen MR) is 134 cm³/mol. The first-order valence-electron chi connectivity index (χ1n) is 11.3. The molecule has 1 aliphatic carbocycles. The number of nitrogens with zero attached hydrogens (tertiary/aromatic N) is 4. The lowest BCUT2D eigenvalue weighted by Gasteiger charge is -2.42. The molecule has 1 aliphatic heterocycles. The Morgan fingerprint density at radius 2 is 1.85 bits per heavy atom. The molecule has 2 aromatic heterocycles. The van der Waals surface area contributed by atoms with Crippen molar-refractivity contribution in [3.63, 3.8) is 0 Å². The Bertz CT molecular complexity index is 1370. The van der Waals surface area contributed by atoms with Crippen molar-refractivity contribution in [2.45, 2.75) is 32.2 Å². The molecule has 0 bridgehead atoms. The second-order valence-electron chi connectivity index (χ2n) is 9.30. The average Bonchev–Trinajstić information content (AvgIpc) is 3.40. The number of piperidine rings is 1. The first-order chi connectivity index (χ1) is 16.0. The van der Waals surface area contributed by atoms with Crippen LogP contribution in [-0.2, 0) is 6.42 Å². The Balaban J connectivity index is 1.34. The predicted octanol–water partition coefficient (Wildman–Crippen LogP) is 5.85. The zero-order valence-electron chi connectivity index (χ0n) is 18.4. The molecule has 0 amide bonds. The zero-order valence-corrected chi connectivity index (χ0v) is 19.9. The van der Waals surface area contributed by atoms with Gasteiger partial charge in [0.05, 0.1) is 15.7 Å². The topological polar surface area (TPSA) is 59.5 Å². The summed E-state index contributed by atoms with van der Waals surface area (Å²) in [6.07, 6.45) is 6.94. The number of aromatic nitrogens is 3. The summed E-state index contributed by atoms with van der Waals surface area (Å²) in [7, 11) is 0. The molecule has 0 radical (unpaired) electrons. The van der Waals surface area contributed by atoms with Crippen LogP contribution in [0.3, 0.4) is 0 Å². The van der Waals surface area contributed by atoms with Crippen molar-refractivity contribution in [2.75, 3.05) is 18.0 Å². The van der Waals surface area contributed by atoms with E-state index in [4.69, 9.17) is 33.9 Å². The number of nitrogens with two attached hydrogens (primary N) is 1. The van der Waals surface area contributed by atoms with Crippen molar-refractivity contribution >= 4 is 34.8 Å². The Morgan fingerprint density at radius 1 is 1.06 bits per heavy atom. The Kier molecular flexibility index (Phi) is 4.91. The molecule has 6 rings (SSSR count). The lowest BCUT2D eigenvalue weighted by molar-refractivity contribution is 0.187. The molecule has 1 unspecified atom stereocenters. The molecular weight excluding hydrogens is 453 g/mol. The fourth-order valence-electron chi connectivity index (χ4n) is 5.76. The largest absolute Gasteiger partial charge is 0.342 e. The van der Waals surface area contributed by atoms with E-state index in [0.29, 0.717) is 10.0 Å². The molecule has 33 heavy (non-hydrogen) atoms. The lowest BCUT2D eigenvalue weighted by atomic mass is 9.73. The van der Waals surface area contributed by atoms with Crippen LogP contribution in [-0.4, -0.2) is 27.5 Å². The minimum absolute atomic E-state index is 0.103. The van der Waals surface area contributed by atoms with Crippen molar-refractivity contribution in [3.8, 4) is 11.1 Å². The quantitative estimate of drug-likeness (QED) is 0.393.